The molecule has 0 spiro atoms. The number of amides is 1. The summed E-state index contributed by atoms with van der Waals surface area (Å²) in [5.41, 5.74) is -0.249. The number of nitrogens with zero attached hydrogens (tertiary/aromatic N) is 7. The Morgan fingerprint density at radius 3 is 2.48 bits per heavy atom. The normalized spacial score (nSPS) is 22.8. The van der Waals surface area contributed by atoms with Gasteiger partial charge in [-0.2, -0.15) is 13.2 Å². The molecule has 0 radical (unpaired) electrons. The number of hydrogen-bond acceptors (Lipinski definition) is 8. The molecule has 4 aromatic heterocycles. The van der Waals surface area contributed by atoms with Crippen LogP contribution in [0, 0.1) is 0 Å². The van der Waals surface area contributed by atoms with Crippen LogP contribution in [0.25, 0.3) is 17.2 Å². The van der Waals surface area contributed by atoms with E-state index in [1.54, 1.807) is 29.6 Å². The monoisotopic (exact) mass is 578 g/mol. The number of carbonyl (C=O) groups is 1. The minimum atomic E-state index is -4.49. The van der Waals surface area contributed by atoms with Crippen molar-refractivity contribution in [2.75, 3.05) is 13.1 Å². The number of alkyl halides is 3. The highest BCUT2D eigenvalue weighted by atomic mass is 19.4. The summed E-state index contributed by atoms with van der Waals surface area (Å²) in [5, 5.41) is 15.0. The molecule has 1 aliphatic heterocycles. The van der Waals surface area contributed by atoms with Gasteiger partial charge in [-0.05, 0) is 62.4 Å². The van der Waals surface area contributed by atoms with E-state index in [1.165, 1.54) is 17.1 Å². The van der Waals surface area contributed by atoms with E-state index in [-0.39, 0.29) is 29.5 Å². The lowest BCUT2D eigenvalue weighted by Crippen LogP contribution is -2.45. The predicted octanol–water partition coefficient (Wildman–Crippen LogP) is 3.77. The first-order chi connectivity index (χ1) is 20.2. The molecule has 10 nitrogen and oxygen atoms in total. The Morgan fingerprint density at radius 1 is 0.976 bits per heavy atom. The largest absolute Gasteiger partial charge is 0.416 e. The summed E-state index contributed by atoms with van der Waals surface area (Å²) in [5.74, 6) is 0.339. The van der Waals surface area contributed by atoms with E-state index >= 15 is 0 Å². The Labute approximate surface area is 239 Å². The molecule has 5 heterocycles. The number of aromatic nitrogens is 6. The van der Waals surface area contributed by atoms with Crippen LogP contribution >= 0.6 is 0 Å². The maximum atomic E-state index is 13.1. The number of nitrogens with one attached hydrogen (secondary N) is 1. The number of imidazole rings is 1. The molecule has 1 amide bonds. The van der Waals surface area contributed by atoms with Crippen molar-refractivity contribution in [2.24, 2.45) is 0 Å². The molecule has 1 aliphatic carbocycles. The van der Waals surface area contributed by atoms with Gasteiger partial charge < -0.3 is 15.3 Å². The van der Waals surface area contributed by atoms with Crippen molar-refractivity contribution in [1.82, 2.24) is 39.7 Å². The molecule has 0 unspecified atom stereocenters. The Balaban J connectivity index is 1.01. The predicted molar refractivity (Wildman–Crippen MR) is 145 cm³/mol. The third kappa shape index (κ3) is 5.88. The molecule has 6 rings (SSSR count). The second-order valence-corrected chi connectivity index (χ2v) is 10.8. The van der Waals surface area contributed by atoms with E-state index in [1.807, 2.05) is 12.1 Å². The molecule has 0 aromatic carbocycles. The molecule has 2 N–H and O–H groups in total. The van der Waals surface area contributed by atoms with E-state index in [9.17, 15) is 23.1 Å². The highest BCUT2D eigenvalue weighted by molar-refractivity contribution is 5.92. The highest BCUT2D eigenvalue weighted by Gasteiger charge is 2.38. The van der Waals surface area contributed by atoms with Gasteiger partial charge >= 0.3 is 6.18 Å². The SMILES string of the molecule is O=C(c1cn(-c2cc(C(F)(F)F)ccn2)cn1)N1CC[C@H](NC2CCC(O)(c3ccc(-c4ncccn4)cn3)CC2)C1. The van der Waals surface area contributed by atoms with E-state index < -0.39 is 17.3 Å². The van der Waals surface area contributed by atoms with E-state index in [4.69, 9.17) is 0 Å². The van der Waals surface area contributed by atoms with Gasteiger partial charge in [-0.15, -0.1) is 0 Å². The molecule has 2 aliphatic rings. The molecule has 1 saturated carbocycles. The number of aliphatic hydroxyl groups is 1. The van der Waals surface area contributed by atoms with Crippen molar-refractivity contribution < 1.29 is 23.1 Å². The van der Waals surface area contributed by atoms with Gasteiger partial charge in [0, 0.05) is 61.7 Å². The van der Waals surface area contributed by atoms with Crippen LogP contribution in [0.3, 0.4) is 0 Å². The number of carbonyl (C=O) groups excluding carboxylic acids is 1. The average Bonchev–Trinajstić information content (AvgIpc) is 3.69. The highest BCUT2D eigenvalue weighted by Crippen LogP contribution is 2.37. The number of halogens is 3. The zero-order valence-corrected chi connectivity index (χ0v) is 22.6. The van der Waals surface area contributed by atoms with Gasteiger partial charge in [0.15, 0.2) is 5.82 Å². The second-order valence-electron chi connectivity index (χ2n) is 10.8. The van der Waals surface area contributed by atoms with Gasteiger partial charge in [-0.3, -0.25) is 14.3 Å². The molecule has 13 heteroatoms. The Morgan fingerprint density at radius 2 is 1.76 bits per heavy atom. The molecule has 42 heavy (non-hydrogen) atoms. The summed E-state index contributed by atoms with van der Waals surface area (Å²) >= 11 is 0. The Kier molecular flexibility index (Phi) is 7.45. The van der Waals surface area contributed by atoms with Crippen LogP contribution in [-0.4, -0.2) is 70.6 Å². The van der Waals surface area contributed by atoms with Crippen molar-refractivity contribution in [3.05, 3.63) is 84.6 Å². The fraction of sp³-hybridized carbons (Fsp3) is 0.379. The van der Waals surface area contributed by atoms with Crippen LogP contribution in [0.2, 0.25) is 0 Å². The maximum Gasteiger partial charge on any atom is 0.416 e. The van der Waals surface area contributed by atoms with Gasteiger partial charge in [0.05, 0.1) is 11.3 Å². The second kappa shape index (κ2) is 11.2. The Hall–Kier alpha value is -4.23. The molecule has 1 atom stereocenters. The first-order valence-electron chi connectivity index (χ1n) is 13.8. The van der Waals surface area contributed by atoms with Crippen LogP contribution in [0.15, 0.2) is 67.6 Å². The summed E-state index contributed by atoms with van der Waals surface area (Å²) in [6.07, 6.45) is 7.75. The fourth-order valence-electron chi connectivity index (χ4n) is 5.64. The lowest BCUT2D eigenvalue weighted by atomic mass is 9.79. The number of likely N-dealkylation sites (tertiary alicyclic amines) is 1. The van der Waals surface area contributed by atoms with Gasteiger partial charge in [0.1, 0.15) is 23.4 Å². The number of hydrogen-bond donors (Lipinski definition) is 2. The van der Waals surface area contributed by atoms with Crippen molar-refractivity contribution in [1.29, 1.82) is 0 Å². The van der Waals surface area contributed by atoms with Crippen molar-refractivity contribution >= 4 is 5.91 Å². The molecular formula is C29H29F3N8O2. The summed E-state index contributed by atoms with van der Waals surface area (Å²) in [6, 6.07) is 7.58. The zero-order chi connectivity index (χ0) is 29.3. The third-order valence-corrected chi connectivity index (χ3v) is 7.96. The lowest BCUT2D eigenvalue weighted by Gasteiger charge is -2.37. The van der Waals surface area contributed by atoms with E-state index in [0.717, 1.165) is 43.2 Å². The van der Waals surface area contributed by atoms with Crippen LogP contribution in [0.5, 0.6) is 0 Å². The molecule has 0 bridgehead atoms. The van der Waals surface area contributed by atoms with E-state index in [0.29, 0.717) is 37.4 Å². The lowest BCUT2D eigenvalue weighted by molar-refractivity contribution is -0.137. The van der Waals surface area contributed by atoms with Crippen molar-refractivity contribution in [2.45, 2.75) is 56.0 Å². The average molecular weight is 579 g/mol. The summed E-state index contributed by atoms with van der Waals surface area (Å²) in [7, 11) is 0. The van der Waals surface area contributed by atoms with Gasteiger partial charge in [0.25, 0.3) is 5.91 Å². The first-order valence-corrected chi connectivity index (χ1v) is 13.8. The van der Waals surface area contributed by atoms with E-state index in [2.05, 4.69) is 30.2 Å². The maximum absolute atomic E-state index is 13.1. The minimum absolute atomic E-state index is 0.0333. The minimum Gasteiger partial charge on any atom is -0.384 e. The topological polar surface area (TPSA) is 122 Å². The number of rotatable bonds is 6. The quantitative estimate of drug-likeness (QED) is 0.355. The third-order valence-electron chi connectivity index (χ3n) is 7.96. The summed E-state index contributed by atoms with van der Waals surface area (Å²) in [6.45, 7) is 1.04. The number of pyridine rings is 2. The van der Waals surface area contributed by atoms with Crippen LogP contribution in [0.4, 0.5) is 13.2 Å². The molecule has 4 aromatic rings. The van der Waals surface area contributed by atoms with Crippen LogP contribution in [0.1, 0.15) is 53.8 Å². The summed E-state index contributed by atoms with van der Waals surface area (Å²) < 4.78 is 40.5. The van der Waals surface area contributed by atoms with Crippen LogP contribution in [-0.2, 0) is 11.8 Å². The Bertz CT molecular complexity index is 1540. The summed E-state index contributed by atoms with van der Waals surface area (Å²) in [4.78, 5) is 35.9. The smallest absolute Gasteiger partial charge is 0.384 e. The van der Waals surface area contributed by atoms with Crippen molar-refractivity contribution in [3.63, 3.8) is 0 Å². The molecule has 218 valence electrons. The standard InChI is InChI=1S/C29H29F3N8O2/c30-29(31,32)20-6-12-33-25(14-20)40-17-23(37-18-40)27(41)39-13-7-22(16-39)38-21-4-8-28(42,9-5-21)24-3-2-19(15-36-24)26-34-10-1-11-35-26/h1-3,6,10-12,14-15,17-18,21-22,38,42H,4-5,7-9,13,16H2/t21?,22-,28?/m0/s1. The molecular weight excluding hydrogens is 549 g/mol. The van der Waals surface area contributed by atoms with Crippen LogP contribution < -0.4 is 5.32 Å². The zero-order valence-electron chi connectivity index (χ0n) is 22.6. The fourth-order valence-corrected chi connectivity index (χ4v) is 5.64. The van der Waals surface area contributed by atoms with Crippen molar-refractivity contribution in [3.8, 4) is 17.2 Å². The molecule has 1 saturated heterocycles. The first kappa shape index (κ1) is 27.9. The van der Waals surface area contributed by atoms with Gasteiger partial charge in [-0.1, -0.05) is 0 Å². The molecule has 2 fully saturated rings. The van der Waals surface area contributed by atoms with Gasteiger partial charge in [-0.25, -0.2) is 19.9 Å². The van der Waals surface area contributed by atoms with Gasteiger partial charge in [0.2, 0.25) is 0 Å².